The maximum Gasteiger partial charge on any atom is 0.129 e. The predicted molar refractivity (Wildman–Crippen MR) is 101 cm³/mol. The Kier molecular flexibility index (Phi) is 7.05. The number of benzene rings is 1. The second-order valence-electron chi connectivity index (χ2n) is 8.69. The Morgan fingerprint density at radius 2 is 1.35 bits per heavy atom. The highest BCUT2D eigenvalue weighted by molar-refractivity contribution is 5.28. The van der Waals surface area contributed by atoms with Gasteiger partial charge in [0.15, 0.2) is 0 Å². The molecule has 0 spiro atoms. The van der Waals surface area contributed by atoms with E-state index in [9.17, 15) is 13.2 Å². The Hall–Kier alpha value is -0.990. The van der Waals surface area contributed by atoms with E-state index < -0.39 is 11.6 Å². The van der Waals surface area contributed by atoms with E-state index >= 15 is 0 Å². The van der Waals surface area contributed by atoms with Crippen molar-refractivity contribution in [2.24, 2.45) is 17.8 Å². The van der Waals surface area contributed by atoms with Crippen LogP contribution in [0.25, 0.3) is 0 Å². The molecular weight excluding hydrogens is 333 g/mol. The predicted octanol–water partition coefficient (Wildman–Crippen LogP) is 7.49. The molecule has 0 amide bonds. The zero-order valence-corrected chi connectivity index (χ0v) is 16.1. The lowest BCUT2D eigenvalue weighted by Crippen LogP contribution is -2.25. The molecule has 2 saturated carbocycles. The van der Waals surface area contributed by atoms with Gasteiger partial charge in [0, 0.05) is 5.56 Å². The summed E-state index contributed by atoms with van der Waals surface area (Å²) in [6, 6.07) is 3.10. The molecule has 3 rings (SSSR count). The van der Waals surface area contributed by atoms with Gasteiger partial charge in [0.2, 0.25) is 0 Å². The smallest absolute Gasteiger partial charge is 0.129 e. The van der Waals surface area contributed by atoms with E-state index in [0.29, 0.717) is 5.92 Å². The minimum atomic E-state index is -0.409. The Morgan fingerprint density at radius 3 is 1.88 bits per heavy atom. The normalized spacial score (nSPS) is 29.7. The molecule has 0 N–H and O–H groups in total. The van der Waals surface area contributed by atoms with Crippen molar-refractivity contribution < 1.29 is 13.2 Å². The summed E-state index contributed by atoms with van der Waals surface area (Å²) in [5.74, 6) is 1.93. The summed E-state index contributed by atoms with van der Waals surface area (Å²) < 4.78 is 39.9. The quantitative estimate of drug-likeness (QED) is 0.457. The van der Waals surface area contributed by atoms with Crippen LogP contribution < -0.4 is 0 Å². The van der Waals surface area contributed by atoms with Crippen LogP contribution >= 0.6 is 0 Å². The van der Waals surface area contributed by atoms with Gasteiger partial charge in [-0.15, -0.1) is 0 Å². The average molecular weight is 367 g/mol. The van der Waals surface area contributed by atoms with Gasteiger partial charge in [0.1, 0.15) is 11.6 Å². The van der Waals surface area contributed by atoms with Gasteiger partial charge in [-0.05, 0) is 93.2 Å². The Labute approximate surface area is 156 Å². The van der Waals surface area contributed by atoms with Gasteiger partial charge in [-0.2, -0.15) is 0 Å². The van der Waals surface area contributed by atoms with Crippen molar-refractivity contribution in [2.75, 3.05) is 6.67 Å². The maximum absolute atomic E-state index is 13.8. The molecule has 0 bridgehead atoms. The molecule has 1 aromatic rings. The van der Waals surface area contributed by atoms with E-state index in [1.54, 1.807) is 12.1 Å². The number of hydrogen-bond donors (Lipinski definition) is 0. The second-order valence-corrected chi connectivity index (χ2v) is 8.69. The molecule has 26 heavy (non-hydrogen) atoms. The zero-order chi connectivity index (χ0) is 18.5. The number of unbranched alkanes of at least 4 members (excludes halogenated alkanes) is 1. The van der Waals surface area contributed by atoms with Crippen molar-refractivity contribution in [2.45, 2.75) is 83.5 Å². The molecule has 0 unspecified atom stereocenters. The van der Waals surface area contributed by atoms with E-state index in [4.69, 9.17) is 0 Å². The molecule has 0 atom stereocenters. The lowest BCUT2D eigenvalue weighted by atomic mass is 9.68. The van der Waals surface area contributed by atoms with Crippen LogP contribution in [0.5, 0.6) is 0 Å². The first kappa shape index (κ1) is 19.8. The lowest BCUT2D eigenvalue weighted by molar-refractivity contribution is 0.155. The molecule has 0 radical (unpaired) electrons. The van der Waals surface area contributed by atoms with Crippen molar-refractivity contribution >= 4 is 0 Å². The van der Waals surface area contributed by atoms with Gasteiger partial charge in [-0.25, -0.2) is 8.78 Å². The second kappa shape index (κ2) is 9.28. The van der Waals surface area contributed by atoms with Gasteiger partial charge in [-0.3, -0.25) is 4.39 Å². The summed E-state index contributed by atoms with van der Waals surface area (Å²) in [4.78, 5) is 0. The van der Waals surface area contributed by atoms with Crippen molar-refractivity contribution in [3.63, 3.8) is 0 Å². The highest BCUT2D eigenvalue weighted by atomic mass is 19.1. The number of alkyl halides is 1. The highest BCUT2D eigenvalue weighted by Gasteiger charge is 2.31. The van der Waals surface area contributed by atoms with Crippen LogP contribution in [-0.2, 0) is 0 Å². The minimum Gasteiger partial charge on any atom is -0.251 e. The molecule has 0 aromatic heterocycles. The van der Waals surface area contributed by atoms with Gasteiger partial charge in [-0.1, -0.05) is 25.7 Å². The van der Waals surface area contributed by atoms with Crippen molar-refractivity contribution in [3.05, 3.63) is 34.9 Å². The fraction of sp³-hybridized carbons (Fsp3) is 0.739. The molecule has 2 fully saturated rings. The van der Waals surface area contributed by atoms with E-state index in [0.717, 1.165) is 49.0 Å². The molecule has 3 heteroatoms. The third-order valence-electron chi connectivity index (χ3n) is 7.10. The fourth-order valence-corrected chi connectivity index (χ4v) is 5.30. The Morgan fingerprint density at radius 1 is 0.808 bits per heavy atom. The largest absolute Gasteiger partial charge is 0.251 e. The van der Waals surface area contributed by atoms with Crippen LogP contribution in [0.2, 0.25) is 0 Å². The van der Waals surface area contributed by atoms with Crippen LogP contribution in [0.3, 0.4) is 0 Å². The SMILES string of the molecule is Cc1c(F)cc(C2CCC(C3CCC(CCCCF)CC3)CC2)cc1F. The fourth-order valence-electron chi connectivity index (χ4n) is 5.30. The number of hydrogen-bond acceptors (Lipinski definition) is 0. The summed E-state index contributed by atoms with van der Waals surface area (Å²) in [5.41, 5.74) is 0.978. The number of rotatable bonds is 6. The number of halogens is 3. The van der Waals surface area contributed by atoms with Crippen LogP contribution in [0.15, 0.2) is 12.1 Å². The van der Waals surface area contributed by atoms with E-state index in [-0.39, 0.29) is 12.2 Å². The summed E-state index contributed by atoms with van der Waals surface area (Å²) in [6.45, 7) is 1.33. The van der Waals surface area contributed by atoms with Crippen LogP contribution in [0.1, 0.15) is 87.7 Å². The Balaban J connectivity index is 1.46. The van der Waals surface area contributed by atoms with Crippen LogP contribution in [0.4, 0.5) is 13.2 Å². The lowest BCUT2D eigenvalue weighted by Gasteiger charge is -2.38. The third-order valence-corrected chi connectivity index (χ3v) is 7.10. The van der Waals surface area contributed by atoms with Crippen LogP contribution in [-0.4, -0.2) is 6.67 Å². The van der Waals surface area contributed by atoms with E-state index in [2.05, 4.69) is 0 Å². The molecule has 0 saturated heterocycles. The minimum absolute atomic E-state index is 0.130. The molecule has 1 aromatic carbocycles. The van der Waals surface area contributed by atoms with Crippen molar-refractivity contribution in [1.29, 1.82) is 0 Å². The van der Waals surface area contributed by atoms with Gasteiger partial charge >= 0.3 is 0 Å². The zero-order valence-electron chi connectivity index (χ0n) is 16.1. The van der Waals surface area contributed by atoms with Crippen molar-refractivity contribution in [1.82, 2.24) is 0 Å². The standard InChI is InChI=1S/C23H33F3/c1-16-22(25)14-21(15-23(16)26)20-11-9-19(10-12-20)18-7-5-17(6-8-18)4-2-3-13-24/h14-15,17-20H,2-13H2,1H3. The van der Waals surface area contributed by atoms with Crippen molar-refractivity contribution in [3.8, 4) is 0 Å². The molecule has 2 aliphatic carbocycles. The first-order valence-corrected chi connectivity index (χ1v) is 10.6. The Bertz CT molecular complexity index is 544. The first-order valence-electron chi connectivity index (χ1n) is 10.6. The summed E-state index contributed by atoms with van der Waals surface area (Å²) >= 11 is 0. The van der Waals surface area contributed by atoms with Gasteiger partial charge < -0.3 is 0 Å². The van der Waals surface area contributed by atoms with Gasteiger partial charge in [0.05, 0.1) is 6.67 Å². The first-order chi connectivity index (χ1) is 12.6. The summed E-state index contributed by atoms with van der Waals surface area (Å²) in [6.07, 6.45) is 12.7. The summed E-state index contributed by atoms with van der Waals surface area (Å²) in [5, 5.41) is 0. The molecule has 146 valence electrons. The van der Waals surface area contributed by atoms with Crippen LogP contribution in [0, 0.1) is 36.3 Å². The van der Waals surface area contributed by atoms with Gasteiger partial charge in [0.25, 0.3) is 0 Å². The molecule has 0 nitrogen and oxygen atoms in total. The molecular formula is C23H33F3. The molecule has 0 aliphatic heterocycles. The van der Waals surface area contributed by atoms with E-state index in [1.807, 2.05) is 0 Å². The van der Waals surface area contributed by atoms with E-state index in [1.165, 1.54) is 51.9 Å². The molecule has 0 heterocycles. The molecule has 2 aliphatic rings. The third kappa shape index (κ3) is 4.84. The highest BCUT2D eigenvalue weighted by Crippen LogP contribution is 2.44. The monoisotopic (exact) mass is 366 g/mol. The maximum atomic E-state index is 13.8. The topological polar surface area (TPSA) is 0 Å². The summed E-state index contributed by atoms with van der Waals surface area (Å²) in [7, 11) is 0. The average Bonchev–Trinajstić information content (AvgIpc) is 2.67.